The van der Waals surface area contributed by atoms with Crippen molar-refractivity contribution in [1.82, 2.24) is 10.3 Å². The summed E-state index contributed by atoms with van der Waals surface area (Å²) in [5.41, 5.74) is 2.01. The van der Waals surface area contributed by atoms with Crippen molar-refractivity contribution in [2.75, 3.05) is 6.61 Å². The second-order valence-corrected chi connectivity index (χ2v) is 7.06. The van der Waals surface area contributed by atoms with E-state index in [0.29, 0.717) is 18.9 Å². The van der Waals surface area contributed by atoms with Gasteiger partial charge < -0.3 is 14.8 Å². The van der Waals surface area contributed by atoms with Crippen molar-refractivity contribution in [3.05, 3.63) is 87.8 Å². The molecule has 138 valence electrons. The van der Waals surface area contributed by atoms with Gasteiger partial charge >= 0.3 is 0 Å². The molecule has 6 heteroatoms. The molecule has 1 heterocycles. The number of halogens is 1. The number of pyridine rings is 1. The summed E-state index contributed by atoms with van der Waals surface area (Å²) in [6, 6.07) is 19.1. The Kier molecular flexibility index (Phi) is 7.04. The summed E-state index contributed by atoms with van der Waals surface area (Å²) in [6.45, 7) is 0.907. The summed E-state index contributed by atoms with van der Waals surface area (Å²) in [5, 5.41) is 2.84. The van der Waals surface area contributed by atoms with Gasteiger partial charge in [-0.3, -0.25) is 9.78 Å². The molecular formula is C21H19IN2O3. The molecule has 0 spiro atoms. The largest absolute Gasteiger partial charge is 0.489 e. The Labute approximate surface area is 171 Å². The molecule has 3 aromatic rings. The molecule has 1 N–H and O–H groups in total. The third kappa shape index (κ3) is 6.56. The maximum absolute atomic E-state index is 11.9. The number of aromatic nitrogens is 1. The summed E-state index contributed by atoms with van der Waals surface area (Å²) in [7, 11) is 0. The van der Waals surface area contributed by atoms with Crippen LogP contribution in [0.5, 0.6) is 11.5 Å². The molecule has 1 aromatic heterocycles. The fraction of sp³-hybridized carbons (Fsp3) is 0.143. The van der Waals surface area contributed by atoms with Crippen molar-refractivity contribution in [2.45, 2.75) is 13.2 Å². The lowest BCUT2D eigenvalue weighted by Crippen LogP contribution is -2.28. The third-order valence-corrected chi connectivity index (χ3v) is 4.44. The number of rotatable bonds is 8. The third-order valence-electron chi connectivity index (χ3n) is 3.72. The zero-order chi connectivity index (χ0) is 18.9. The summed E-state index contributed by atoms with van der Waals surface area (Å²) in [4.78, 5) is 16.0. The number of hydrogen-bond donors (Lipinski definition) is 1. The second kappa shape index (κ2) is 9.91. The predicted molar refractivity (Wildman–Crippen MR) is 112 cm³/mol. The van der Waals surface area contributed by atoms with Crippen molar-refractivity contribution < 1.29 is 14.3 Å². The van der Waals surface area contributed by atoms with E-state index in [1.165, 1.54) is 0 Å². The van der Waals surface area contributed by atoms with Crippen LogP contribution in [0, 0.1) is 3.57 Å². The van der Waals surface area contributed by atoms with Gasteiger partial charge in [0.2, 0.25) is 0 Å². The average molecular weight is 474 g/mol. The molecule has 0 unspecified atom stereocenters. The first kappa shape index (κ1) is 19.2. The van der Waals surface area contributed by atoms with Crippen LogP contribution in [-0.4, -0.2) is 17.5 Å². The first-order valence-electron chi connectivity index (χ1n) is 8.45. The highest BCUT2D eigenvalue weighted by Gasteiger charge is 2.04. The molecule has 5 nitrogen and oxygen atoms in total. The van der Waals surface area contributed by atoms with Crippen molar-refractivity contribution in [3.8, 4) is 11.5 Å². The first-order valence-corrected chi connectivity index (χ1v) is 9.52. The van der Waals surface area contributed by atoms with Crippen LogP contribution in [0.1, 0.15) is 11.1 Å². The van der Waals surface area contributed by atoms with Crippen LogP contribution < -0.4 is 14.8 Å². The van der Waals surface area contributed by atoms with Crippen LogP contribution in [-0.2, 0) is 17.9 Å². The Hall–Kier alpha value is -2.61. The number of hydrogen-bond acceptors (Lipinski definition) is 4. The molecule has 0 saturated carbocycles. The minimum Gasteiger partial charge on any atom is -0.489 e. The molecule has 1 amide bonds. The molecule has 3 rings (SSSR count). The SMILES string of the molecule is O=C(COc1ccc(I)cc1)NCc1ccc(OCc2cccnc2)cc1. The van der Waals surface area contributed by atoms with E-state index in [0.717, 1.165) is 20.4 Å². The first-order chi connectivity index (χ1) is 13.2. The smallest absolute Gasteiger partial charge is 0.258 e. The van der Waals surface area contributed by atoms with Gasteiger partial charge in [-0.1, -0.05) is 18.2 Å². The highest BCUT2D eigenvalue weighted by atomic mass is 127. The molecule has 2 aromatic carbocycles. The van der Waals surface area contributed by atoms with Crippen LogP contribution in [0.4, 0.5) is 0 Å². The van der Waals surface area contributed by atoms with E-state index < -0.39 is 0 Å². The molecule has 0 fully saturated rings. The molecule has 0 saturated heterocycles. The Morgan fingerprint density at radius 3 is 2.33 bits per heavy atom. The number of ether oxygens (including phenoxy) is 2. The lowest BCUT2D eigenvalue weighted by Gasteiger charge is -2.09. The Morgan fingerprint density at radius 2 is 1.63 bits per heavy atom. The minimum absolute atomic E-state index is 0.00705. The minimum atomic E-state index is -0.162. The second-order valence-electron chi connectivity index (χ2n) is 5.81. The van der Waals surface area contributed by atoms with Gasteiger partial charge in [-0.2, -0.15) is 0 Å². The van der Waals surface area contributed by atoms with E-state index in [1.807, 2.05) is 60.7 Å². The zero-order valence-electron chi connectivity index (χ0n) is 14.6. The quantitative estimate of drug-likeness (QED) is 0.503. The van der Waals surface area contributed by atoms with Gasteiger partial charge in [0.25, 0.3) is 5.91 Å². The maximum Gasteiger partial charge on any atom is 0.258 e. The van der Waals surface area contributed by atoms with Crippen LogP contribution in [0.2, 0.25) is 0 Å². The molecule has 0 aliphatic rings. The van der Waals surface area contributed by atoms with Gasteiger partial charge in [0.15, 0.2) is 6.61 Å². The molecule has 27 heavy (non-hydrogen) atoms. The molecule has 0 aliphatic heterocycles. The van der Waals surface area contributed by atoms with E-state index in [2.05, 4.69) is 32.9 Å². The number of nitrogens with one attached hydrogen (secondary N) is 1. The number of benzene rings is 2. The Bertz CT molecular complexity index is 853. The molecular weight excluding hydrogens is 455 g/mol. The number of nitrogens with zero attached hydrogens (tertiary/aromatic N) is 1. The predicted octanol–water partition coefficient (Wildman–Crippen LogP) is 3.96. The Morgan fingerprint density at radius 1 is 0.926 bits per heavy atom. The van der Waals surface area contributed by atoms with Crippen molar-refractivity contribution >= 4 is 28.5 Å². The van der Waals surface area contributed by atoms with Gasteiger partial charge in [0.1, 0.15) is 18.1 Å². The van der Waals surface area contributed by atoms with E-state index >= 15 is 0 Å². The highest BCUT2D eigenvalue weighted by molar-refractivity contribution is 14.1. The van der Waals surface area contributed by atoms with Crippen LogP contribution in [0.3, 0.4) is 0 Å². The summed E-state index contributed by atoms with van der Waals surface area (Å²) >= 11 is 2.22. The fourth-order valence-electron chi connectivity index (χ4n) is 2.29. The normalized spacial score (nSPS) is 10.3. The summed E-state index contributed by atoms with van der Waals surface area (Å²) in [5.74, 6) is 1.29. The van der Waals surface area contributed by atoms with E-state index in [9.17, 15) is 4.79 Å². The van der Waals surface area contributed by atoms with Crippen LogP contribution >= 0.6 is 22.6 Å². The lowest BCUT2D eigenvalue weighted by atomic mass is 10.2. The molecule has 0 bridgehead atoms. The van der Waals surface area contributed by atoms with Crippen LogP contribution in [0.25, 0.3) is 0 Å². The number of amides is 1. The van der Waals surface area contributed by atoms with E-state index in [1.54, 1.807) is 12.4 Å². The Balaban J connectivity index is 1.40. The average Bonchev–Trinajstić information content (AvgIpc) is 2.72. The summed E-state index contributed by atoms with van der Waals surface area (Å²) < 4.78 is 12.3. The standard InChI is InChI=1S/C21H19IN2O3/c22-18-5-9-20(10-6-18)27-15-21(25)24-13-16-3-7-19(8-4-16)26-14-17-2-1-11-23-12-17/h1-12H,13-15H2,(H,24,25). The van der Waals surface area contributed by atoms with Gasteiger partial charge in [-0.25, -0.2) is 0 Å². The summed E-state index contributed by atoms with van der Waals surface area (Å²) in [6.07, 6.45) is 3.51. The maximum atomic E-state index is 11.9. The van der Waals surface area contributed by atoms with Gasteiger partial charge in [-0.15, -0.1) is 0 Å². The van der Waals surface area contributed by atoms with Crippen molar-refractivity contribution in [3.63, 3.8) is 0 Å². The van der Waals surface area contributed by atoms with Gasteiger partial charge in [-0.05, 0) is 70.6 Å². The fourth-order valence-corrected chi connectivity index (χ4v) is 2.64. The van der Waals surface area contributed by atoms with Gasteiger partial charge in [0, 0.05) is 28.1 Å². The van der Waals surface area contributed by atoms with Gasteiger partial charge in [0.05, 0.1) is 0 Å². The van der Waals surface area contributed by atoms with Crippen LogP contribution in [0.15, 0.2) is 73.1 Å². The van der Waals surface area contributed by atoms with E-state index in [-0.39, 0.29) is 12.5 Å². The zero-order valence-corrected chi connectivity index (χ0v) is 16.8. The highest BCUT2D eigenvalue weighted by Crippen LogP contribution is 2.15. The van der Waals surface area contributed by atoms with Crippen molar-refractivity contribution in [2.24, 2.45) is 0 Å². The molecule has 0 radical (unpaired) electrons. The molecule has 0 atom stereocenters. The number of carbonyl (C=O) groups excluding carboxylic acids is 1. The number of carbonyl (C=O) groups is 1. The topological polar surface area (TPSA) is 60.5 Å². The lowest BCUT2D eigenvalue weighted by molar-refractivity contribution is -0.123. The van der Waals surface area contributed by atoms with E-state index in [4.69, 9.17) is 9.47 Å². The monoisotopic (exact) mass is 474 g/mol. The molecule has 0 aliphatic carbocycles. The van der Waals surface area contributed by atoms with Crippen molar-refractivity contribution in [1.29, 1.82) is 0 Å².